The van der Waals surface area contributed by atoms with Gasteiger partial charge in [0.15, 0.2) is 0 Å². The van der Waals surface area contributed by atoms with Crippen LogP contribution in [0.25, 0.3) is 0 Å². The van der Waals surface area contributed by atoms with Crippen molar-refractivity contribution in [1.29, 1.82) is 0 Å². The van der Waals surface area contributed by atoms with E-state index in [1.165, 1.54) is 10.6 Å². The summed E-state index contributed by atoms with van der Waals surface area (Å²) in [4.78, 5) is 8.35. The van der Waals surface area contributed by atoms with E-state index >= 15 is 0 Å². The minimum absolute atomic E-state index is 0.557. The van der Waals surface area contributed by atoms with Crippen LogP contribution in [0.3, 0.4) is 0 Å². The van der Waals surface area contributed by atoms with Gasteiger partial charge in [0.05, 0.1) is 11.8 Å². The van der Waals surface area contributed by atoms with Gasteiger partial charge < -0.3 is 4.57 Å². The van der Waals surface area contributed by atoms with Crippen molar-refractivity contribution in [3.63, 3.8) is 0 Å². The predicted molar refractivity (Wildman–Crippen MR) is 126 cm³/mol. The van der Waals surface area contributed by atoms with Crippen molar-refractivity contribution in [2.75, 3.05) is 0 Å². The standard InChI is InChI=1S/C17H14NP.C4H6N2.ClH.F6P.Pd/c1-3-9-15(10-4-1)19(16-11-5-2-6-12-16)17-13-7-8-14-18-17;1-6-3-2-5-4-6;;1-7(2,3,4,5)6;/h1-14H;2-4H,1H3;1H;;/q;;;-1;+2/p-1. The van der Waals surface area contributed by atoms with Gasteiger partial charge in [-0.25, -0.2) is 4.98 Å². The van der Waals surface area contributed by atoms with Crippen LogP contribution in [0, 0.1) is 0 Å². The second-order valence-electron chi connectivity index (χ2n) is 6.38. The van der Waals surface area contributed by atoms with Crippen LogP contribution in [0.2, 0.25) is 0 Å². The summed E-state index contributed by atoms with van der Waals surface area (Å²) in [6.07, 6.45) is 7.26. The molecule has 0 amide bonds. The first kappa shape index (κ1) is 30.2. The van der Waals surface area contributed by atoms with Crippen LogP contribution < -0.4 is 16.0 Å². The van der Waals surface area contributed by atoms with Crippen molar-refractivity contribution in [2.24, 2.45) is 7.05 Å². The molecule has 0 atom stereocenters. The van der Waals surface area contributed by atoms with Gasteiger partial charge in [-0.05, 0) is 22.7 Å². The van der Waals surface area contributed by atoms with Crippen LogP contribution in [-0.2, 0) is 25.2 Å². The molecule has 3 nitrogen and oxygen atoms in total. The average Bonchev–Trinajstić information content (AvgIpc) is 3.27. The first-order valence-electron chi connectivity index (χ1n) is 9.21. The average molecular weight is 632 g/mol. The van der Waals surface area contributed by atoms with E-state index in [1.54, 1.807) is 12.5 Å². The Morgan fingerprint density at radius 1 is 0.735 bits per heavy atom. The second-order valence-corrected chi connectivity index (χ2v) is 10.5. The molecule has 0 unspecified atom stereocenters. The normalized spacial score (nSPS) is 12.4. The Morgan fingerprint density at radius 2 is 1.18 bits per heavy atom. The molecule has 34 heavy (non-hydrogen) atoms. The minimum atomic E-state index is -10.7. The van der Waals surface area contributed by atoms with Crippen LogP contribution in [0.4, 0.5) is 25.2 Å². The molecular weight excluding hydrogens is 612 g/mol. The molecule has 0 bridgehead atoms. The van der Waals surface area contributed by atoms with E-state index in [9.17, 15) is 25.2 Å². The largest absolute Gasteiger partial charge is 0.256 e. The van der Waals surface area contributed by atoms with Crippen LogP contribution >= 0.6 is 25.3 Å². The summed E-state index contributed by atoms with van der Waals surface area (Å²) in [6, 6.07) is 27.4. The number of halogens is 7. The molecule has 2 aromatic carbocycles. The smallest absolute Gasteiger partial charge is 0.0720 e. The first-order chi connectivity index (χ1) is 15.8. The summed E-state index contributed by atoms with van der Waals surface area (Å²) in [5, 5.41) is 2.67. The van der Waals surface area contributed by atoms with Crippen molar-refractivity contribution >= 4 is 41.3 Å². The summed E-state index contributed by atoms with van der Waals surface area (Å²) in [5.41, 5.74) is 1.15. The topological polar surface area (TPSA) is 30.7 Å². The van der Waals surface area contributed by atoms with Gasteiger partial charge in [0, 0.05) is 33.6 Å². The van der Waals surface area contributed by atoms with Crippen LogP contribution in [0.1, 0.15) is 0 Å². The Morgan fingerprint density at radius 3 is 1.47 bits per heavy atom. The molecule has 0 radical (unpaired) electrons. The van der Waals surface area contributed by atoms with Gasteiger partial charge >= 0.3 is 60.7 Å². The van der Waals surface area contributed by atoms with E-state index in [2.05, 4.69) is 110 Å². The van der Waals surface area contributed by atoms with Gasteiger partial charge in [-0.3, -0.25) is 4.98 Å². The summed E-state index contributed by atoms with van der Waals surface area (Å²) in [6.45, 7) is 0. The Balaban J connectivity index is 0.000000318. The molecule has 0 aliphatic rings. The van der Waals surface area contributed by atoms with Gasteiger partial charge in [0.2, 0.25) is 0 Å². The first-order valence-corrected chi connectivity index (χ1v) is 14.6. The Kier molecular flexibility index (Phi) is 11.3. The maximum atomic E-state index is 9.87. The molecule has 4 aromatic rings. The van der Waals surface area contributed by atoms with E-state index in [-0.39, 0.29) is 0 Å². The SMILES string of the molecule is Cn1ccnc1.F[P-](F)(F)(F)(F)F.[Cl][Pd+].c1ccc(P(c2ccccc2)c2ccccn2)cc1. The molecule has 0 aliphatic heterocycles. The maximum Gasteiger partial charge on any atom is 0.0720 e. The molecule has 2 heterocycles. The molecule has 13 heteroatoms. The van der Waals surface area contributed by atoms with Gasteiger partial charge in [0.1, 0.15) is 0 Å². The zero-order valence-corrected chi connectivity index (χ0v) is 21.6. The predicted octanol–water partition coefficient (Wildman–Crippen LogP) is 7.33. The van der Waals surface area contributed by atoms with Gasteiger partial charge in [-0.2, -0.15) is 0 Å². The maximum absolute atomic E-state index is 10.7. The number of imidazole rings is 1. The third-order valence-electron chi connectivity index (χ3n) is 3.54. The third-order valence-corrected chi connectivity index (χ3v) is 5.90. The fourth-order valence-electron chi connectivity index (χ4n) is 2.38. The van der Waals surface area contributed by atoms with Gasteiger partial charge in [-0.15, -0.1) is 0 Å². The van der Waals surface area contributed by atoms with Crippen molar-refractivity contribution < 1.29 is 43.4 Å². The zero-order valence-electron chi connectivity index (χ0n) is 17.5. The van der Waals surface area contributed by atoms with Crippen LogP contribution in [0.5, 0.6) is 0 Å². The van der Waals surface area contributed by atoms with E-state index in [0.29, 0.717) is 0 Å². The fraction of sp³-hybridized carbons (Fsp3) is 0.0476. The summed E-state index contributed by atoms with van der Waals surface area (Å²) in [5.74, 6) is 0. The number of rotatable bonds is 3. The van der Waals surface area contributed by atoms with Crippen molar-refractivity contribution in [3.05, 3.63) is 104 Å². The Labute approximate surface area is 209 Å². The number of aryl methyl sites for hydroxylation is 1. The minimum Gasteiger partial charge on any atom is -0.256 e. The molecule has 188 valence electrons. The number of benzene rings is 2. The summed E-state index contributed by atoms with van der Waals surface area (Å²) < 4.78 is 61.1. The van der Waals surface area contributed by atoms with Crippen molar-refractivity contribution in [3.8, 4) is 0 Å². The Hall–Kier alpha value is -1.81. The van der Waals surface area contributed by atoms with E-state index < -0.39 is 15.7 Å². The molecular formula is C21H20ClF6N3P2Pd. The summed E-state index contributed by atoms with van der Waals surface area (Å²) in [7, 11) is -4.79. The van der Waals surface area contributed by atoms with Gasteiger partial charge in [0.25, 0.3) is 0 Å². The number of nitrogens with zero attached hydrogens (tertiary/aromatic N) is 3. The number of hydrogen-bond acceptors (Lipinski definition) is 2. The number of pyridine rings is 1. The molecule has 0 fully saturated rings. The quantitative estimate of drug-likeness (QED) is 0.135. The van der Waals surface area contributed by atoms with Crippen LogP contribution in [0.15, 0.2) is 104 Å². The number of aromatic nitrogens is 3. The Bertz CT molecular complexity index is 969. The molecule has 0 spiro atoms. The zero-order chi connectivity index (χ0) is 25.7. The molecule has 0 saturated heterocycles. The molecule has 0 N–H and O–H groups in total. The van der Waals surface area contributed by atoms with E-state index in [0.717, 1.165) is 5.44 Å². The van der Waals surface area contributed by atoms with E-state index in [1.807, 2.05) is 30.1 Å². The van der Waals surface area contributed by atoms with Crippen molar-refractivity contribution in [1.82, 2.24) is 14.5 Å². The van der Waals surface area contributed by atoms with Crippen molar-refractivity contribution in [2.45, 2.75) is 0 Å². The second kappa shape index (κ2) is 12.8. The van der Waals surface area contributed by atoms with E-state index in [4.69, 9.17) is 0 Å². The summed E-state index contributed by atoms with van der Waals surface area (Å²) >= 11 is 2.22. The monoisotopic (exact) mass is 631 g/mol. The van der Waals surface area contributed by atoms with Gasteiger partial charge in [-0.1, -0.05) is 66.7 Å². The molecule has 4 rings (SSSR count). The molecule has 0 saturated carbocycles. The number of hydrogen-bond donors (Lipinski definition) is 0. The third kappa shape index (κ3) is 15.2. The molecule has 0 aliphatic carbocycles. The molecule has 2 aromatic heterocycles. The fourth-order valence-corrected chi connectivity index (χ4v) is 4.56. The van der Waals surface area contributed by atoms with Crippen LogP contribution in [-0.4, -0.2) is 14.5 Å².